The summed E-state index contributed by atoms with van der Waals surface area (Å²) in [4.78, 5) is 0. The van der Waals surface area contributed by atoms with Gasteiger partial charge in [-0.1, -0.05) is 0 Å². The van der Waals surface area contributed by atoms with E-state index in [1.54, 1.807) is 14.2 Å². The van der Waals surface area contributed by atoms with Crippen LogP contribution in [0.4, 0.5) is 0 Å². The van der Waals surface area contributed by atoms with E-state index in [1.807, 2.05) is 13.8 Å². The van der Waals surface area contributed by atoms with Crippen LogP contribution < -0.4 is 0 Å². The normalized spacial score (nSPS) is 51.4. The maximum Gasteiger partial charge on any atom is 0.146 e. The molecule has 0 aliphatic carbocycles. The highest BCUT2D eigenvalue weighted by Gasteiger charge is 2.64. The van der Waals surface area contributed by atoms with Gasteiger partial charge in [-0.15, -0.1) is 0 Å². The standard InChI is InChI=1S/C10H18O4/c1-6-8-9(12-4)10(14-6,5-11-3)7(2)13-8/h6-9H,5H2,1-4H3/t6-,7+,8-,9-,10-/m0/s1. The highest BCUT2D eigenvalue weighted by atomic mass is 16.7. The van der Waals surface area contributed by atoms with E-state index in [0.29, 0.717) is 6.61 Å². The minimum absolute atomic E-state index is 0.00699. The van der Waals surface area contributed by atoms with Crippen molar-refractivity contribution in [1.82, 2.24) is 0 Å². The topological polar surface area (TPSA) is 36.9 Å². The molecule has 0 N–H and O–H groups in total. The summed E-state index contributed by atoms with van der Waals surface area (Å²) in [5, 5.41) is 0. The largest absolute Gasteiger partial charge is 0.381 e. The molecule has 4 nitrogen and oxygen atoms in total. The van der Waals surface area contributed by atoms with E-state index < -0.39 is 5.60 Å². The lowest BCUT2D eigenvalue weighted by Gasteiger charge is -2.34. The first-order valence-electron chi connectivity index (χ1n) is 5.00. The molecule has 82 valence electrons. The van der Waals surface area contributed by atoms with E-state index >= 15 is 0 Å². The monoisotopic (exact) mass is 202 g/mol. The van der Waals surface area contributed by atoms with Crippen molar-refractivity contribution in [3.63, 3.8) is 0 Å². The van der Waals surface area contributed by atoms with E-state index in [0.717, 1.165) is 0 Å². The highest BCUT2D eigenvalue weighted by Crippen LogP contribution is 2.45. The second-order valence-corrected chi connectivity index (χ2v) is 4.11. The van der Waals surface area contributed by atoms with Crippen molar-refractivity contribution >= 4 is 0 Å². The van der Waals surface area contributed by atoms with Crippen LogP contribution in [0, 0.1) is 0 Å². The summed E-state index contributed by atoms with van der Waals surface area (Å²) < 4.78 is 22.4. The van der Waals surface area contributed by atoms with Gasteiger partial charge in [0, 0.05) is 14.2 Å². The second kappa shape index (κ2) is 3.45. The first-order chi connectivity index (χ1) is 6.65. The molecular weight excluding hydrogens is 184 g/mol. The van der Waals surface area contributed by atoms with E-state index in [1.165, 1.54) is 0 Å². The SMILES string of the molecule is COC[C@]12O[C@@H](C)[C@H](O[C@@H]1C)[C@@H]2OC. The smallest absolute Gasteiger partial charge is 0.146 e. The van der Waals surface area contributed by atoms with Crippen LogP contribution in [-0.4, -0.2) is 50.8 Å². The Morgan fingerprint density at radius 3 is 2.57 bits per heavy atom. The maximum atomic E-state index is 5.93. The Balaban J connectivity index is 2.25. The molecule has 2 saturated heterocycles. The van der Waals surface area contributed by atoms with Gasteiger partial charge in [0.05, 0.1) is 18.8 Å². The third kappa shape index (κ3) is 1.15. The van der Waals surface area contributed by atoms with Crippen LogP contribution in [0.1, 0.15) is 13.8 Å². The number of hydrogen-bond donors (Lipinski definition) is 0. The Morgan fingerprint density at radius 2 is 2.00 bits per heavy atom. The molecule has 2 bridgehead atoms. The highest BCUT2D eigenvalue weighted by molar-refractivity contribution is 5.11. The number of methoxy groups -OCH3 is 2. The zero-order valence-corrected chi connectivity index (χ0v) is 9.15. The summed E-state index contributed by atoms with van der Waals surface area (Å²) in [6.07, 6.45) is 0.164. The Labute approximate surface area is 84.5 Å². The van der Waals surface area contributed by atoms with Crippen LogP contribution in [0.2, 0.25) is 0 Å². The lowest BCUT2D eigenvalue weighted by atomic mass is 9.94. The third-order valence-corrected chi connectivity index (χ3v) is 3.32. The van der Waals surface area contributed by atoms with Crippen molar-refractivity contribution in [3.05, 3.63) is 0 Å². The molecule has 2 aliphatic heterocycles. The molecule has 2 heterocycles. The van der Waals surface area contributed by atoms with E-state index in [4.69, 9.17) is 18.9 Å². The van der Waals surface area contributed by atoms with Gasteiger partial charge in [0.15, 0.2) is 0 Å². The van der Waals surface area contributed by atoms with Gasteiger partial charge in [-0.3, -0.25) is 0 Å². The van der Waals surface area contributed by atoms with Crippen LogP contribution in [0.5, 0.6) is 0 Å². The summed E-state index contributed by atoms with van der Waals surface area (Å²) in [5.41, 5.74) is -0.409. The van der Waals surface area contributed by atoms with E-state index in [2.05, 4.69) is 0 Å². The van der Waals surface area contributed by atoms with Crippen LogP contribution >= 0.6 is 0 Å². The van der Waals surface area contributed by atoms with Gasteiger partial charge in [0.2, 0.25) is 0 Å². The molecule has 2 fully saturated rings. The molecule has 2 rings (SSSR count). The van der Waals surface area contributed by atoms with Gasteiger partial charge in [-0.25, -0.2) is 0 Å². The summed E-state index contributed by atoms with van der Waals surface area (Å²) in [7, 11) is 3.37. The van der Waals surface area contributed by atoms with Gasteiger partial charge in [0.1, 0.15) is 17.8 Å². The molecule has 0 aromatic rings. The Bertz CT molecular complexity index is 220. The summed E-state index contributed by atoms with van der Waals surface area (Å²) in [6.45, 7) is 4.55. The lowest BCUT2D eigenvalue weighted by molar-refractivity contribution is -0.194. The summed E-state index contributed by atoms with van der Waals surface area (Å²) in [6, 6.07) is 0. The fourth-order valence-corrected chi connectivity index (χ4v) is 2.66. The molecule has 5 atom stereocenters. The Kier molecular flexibility index (Phi) is 2.55. The minimum atomic E-state index is -0.409. The minimum Gasteiger partial charge on any atom is -0.381 e. The molecule has 0 aromatic carbocycles. The van der Waals surface area contributed by atoms with E-state index in [9.17, 15) is 0 Å². The van der Waals surface area contributed by atoms with E-state index in [-0.39, 0.29) is 24.4 Å². The molecule has 0 spiro atoms. The molecule has 0 saturated carbocycles. The second-order valence-electron chi connectivity index (χ2n) is 4.11. The van der Waals surface area contributed by atoms with Crippen molar-refractivity contribution in [3.8, 4) is 0 Å². The van der Waals surface area contributed by atoms with Crippen LogP contribution in [0.25, 0.3) is 0 Å². The fourth-order valence-electron chi connectivity index (χ4n) is 2.66. The number of hydrogen-bond acceptors (Lipinski definition) is 4. The van der Waals surface area contributed by atoms with Gasteiger partial charge >= 0.3 is 0 Å². The lowest BCUT2D eigenvalue weighted by Crippen LogP contribution is -2.50. The quantitative estimate of drug-likeness (QED) is 0.671. The average Bonchev–Trinajstić information content (AvgIpc) is 2.54. The van der Waals surface area contributed by atoms with Crippen LogP contribution in [0.15, 0.2) is 0 Å². The average molecular weight is 202 g/mol. The fraction of sp³-hybridized carbons (Fsp3) is 1.00. The molecule has 0 unspecified atom stereocenters. The van der Waals surface area contributed by atoms with Gasteiger partial charge < -0.3 is 18.9 Å². The molecule has 0 radical (unpaired) electrons. The number of rotatable bonds is 3. The Morgan fingerprint density at radius 1 is 1.29 bits per heavy atom. The summed E-state index contributed by atoms with van der Waals surface area (Å²) >= 11 is 0. The molecular formula is C10H18O4. The third-order valence-electron chi connectivity index (χ3n) is 3.32. The molecule has 4 heteroatoms. The van der Waals surface area contributed by atoms with Crippen molar-refractivity contribution in [1.29, 1.82) is 0 Å². The molecule has 14 heavy (non-hydrogen) atoms. The Hall–Kier alpha value is -0.160. The van der Waals surface area contributed by atoms with Crippen molar-refractivity contribution in [2.45, 2.75) is 43.9 Å². The maximum absolute atomic E-state index is 5.93. The summed E-state index contributed by atoms with van der Waals surface area (Å²) in [5.74, 6) is 0. The van der Waals surface area contributed by atoms with Gasteiger partial charge in [-0.05, 0) is 13.8 Å². The van der Waals surface area contributed by atoms with Crippen LogP contribution in [0.3, 0.4) is 0 Å². The van der Waals surface area contributed by atoms with Crippen molar-refractivity contribution in [2.75, 3.05) is 20.8 Å². The zero-order chi connectivity index (χ0) is 10.3. The van der Waals surface area contributed by atoms with Crippen molar-refractivity contribution < 1.29 is 18.9 Å². The molecule has 0 amide bonds. The molecule has 2 aliphatic rings. The number of ether oxygens (including phenoxy) is 4. The van der Waals surface area contributed by atoms with Crippen molar-refractivity contribution in [2.24, 2.45) is 0 Å². The van der Waals surface area contributed by atoms with Gasteiger partial charge in [0.25, 0.3) is 0 Å². The molecule has 0 aromatic heterocycles. The first kappa shape index (κ1) is 10.4. The first-order valence-corrected chi connectivity index (χ1v) is 5.00. The predicted octanol–water partition coefficient (Wildman–Crippen LogP) is 0.593. The number of fused-ring (bicyclic) bond motifs is 2. The zero-order valence-electron chi connectivity index (χ0n) is 9.15. The predicted molar refractivity (Wildman–Crippen MR) is 50.3 cm³/mol. The van der Waals surface area contributed by atoms with Crippen LogP contribution in [-0.2, 0) is 18.9 Å². The van der Waals surface area contributed by atoms with Gasteiger partial charge in [-0.2, -0.15) is 0 Å².